The normalized spacial score (nSPS) is 14.0. The minimum Gasteiger partial charge on any atom is -0.312 e. The van der Waals surface area contributed by atoms with Gasteiger partial charge >= 0.3 is 0 Å². The molecule has 2 aromatic carbocycles. The van der Waals surface area contributed by atoms with E-state index in [0.29, 0.717) is 25.1 Å². The highest BCUT2D eigenvalue weighted by Crippen LogP contribution is 2.32. The van der Waals surface area contributed by atoms with Gasteiger partial charge in [-0.3, -0.25) is 19.6 Å². The van der Waals surface area contributed by atoms with Crippen LogP contribution in [0.4, 0.5) is 17.1 Å². The molecule has 9 heteroatoms. The first kappa shape index (κ1) is 18.8. The van der Waals surface area contributed by atoms with Crippen molar-refractivity contribution in [3.05, 3.63) is 58.1 Å². The highest BCUT2D eigenvalue weighted by atomic mass is 32.2. The molecular formula is C18H19N3O5S. The molecule has 0 aliphatic carbocycles. The number of anilines is 2. The van der Waals surface area contributed by atoms with E-state index in [2.05, 4.69) is 4.72 Å². The summed E-state index contributed by atoms with van der Waals surface area (Å²) < 4.78 is 27.7. The molecule has 0 fully saturated rings. The van der Waals surface area contributed by atoms with Crippen LogP contribution in [-0.2, 0) is 21.2 Å². The van der Waals surface area contributed by atoms with Crippen LogP contribution in [0.1, 0.15) is 25.3 Å². The van der Waals surface area contributed by atoms with E-state index in [9.17, 15) is 23.3 Å². The molecule has 0 aromatic heterocycles. The Morgan fingerprint density at radius 1 is 1.19 bits per heavy atom. The Hall–Kier alpha value is -2.94. The summed E-state index contributed by atoms with van der Waals surface area (Å²) in [5, 5.41) is 11.1. The quantitative estimate of drug-likeness (QED) is 0.603. The van der Waals surface area contributed by atoms with E-state index in [1.807, 2.05) is 6.92 Å². The number of fused-ring (bicyclic) bond motifs is 1. The molecule has 1 heterocycles. The Bertz CT molecular complexity index is 1000. The van der Waals surface area contributed by atoms with Gasteiger partial charge in [0, 0.05) is 30.4 Å². The van der Waals surface area contributed by atoms with Crippen molar-refractivity contribution in [3.8, 4) is 0 Å². The van der Waals surface area contributed by atoms with Crippen molar-refractivity contribution in [2.45, 2.75) is 31.1 Å². The zero-order valence-electron chi connectivity index (χ0n) is 14.7. The minimum atomic E-state index is -4.12. The molecule has 27 heavy (non-hydrogen) atoms. The van der Waals surface area contributed by atoms with Crippen LogP contribution < -0.4 is 9.62 Å². The lowest BCUT2D eigenvalue weighted by molar-refractivity contribution is -0.387. The number of amides is 1. The predicted molar refractivity (Wildman–Crippen MR) is 101 cm³/mol. The van der Waals surface area contributed by atoms with E-state index in [1.54, 1.807) is 23.1 Å². The van der Waals surface area contributed by atoms with Gasteiger partial charge in [0.25, 0.3) is 15.7 Å². The number of sulfonamides is 1. The maximum Gasteiger partial charge on any atom is 0.289 e. The molecule has 1 aliphatic rings. The van der Waals surface area contributed by atoms with Crippen LogP contribution in [0.3, 0.4) is 0 Å². The van der Waals surface area contributed by atoms with Crippen LogP contribution in [0.2, 0.25) is 0 Å². The third-order valence-electron chi connectivity index (χ3n) is 4.33. The predicted octanol–water partition coefficient (Wildman–Crippen LogP) is 3.08. The van der Waals surface area contributed by atoms with Gasteiger partial charge in [-0.15, -0.1) is 0 Å². The van der Waals surface area contributed by atoms with E-state index >= 15 is 0 Å². The summed E-state index contributed by atoms with van der Waals surface area (Å²) in [6.07, 6.45) is 1.71. The molecule has 0 spiro atoms. The topological polar surface area (TPSA) is 110 Å². The second-order valence-electron chi connectivity index (χ2n) is 6.22. The van der Waals surface area contributed by atoms with Gasteiger partial charge in [-0.05, 0) is 42.7 Å². The van der Waals surface area contributed by atoms with Crippen molar-refractivity contribution in [2.24, 2.45) is 0 Å². The highest BCUT2D eigenvalue weighted by Gasteiger charge is 2.27. The fourth-order valence-electron chi connectivity index (χ4n) is 3.14. The lowest BCUT2D eigenvalue weighted by Gasteiger charge is -2.29. The second kappa shape index (κ2) is 7.36. The Balaban J connectivity index is 1.93. The summed E-state index contributed by atoms with van der Waals surface area (Å²) in [5.74, 6) is 0.0533. The number of carbonyl (C=O) groups excluding carboxylic acids is 1. The Morgan fingerprint density at radius 3 is 2.63 bits per heavy atom. The van der Waals surface area contributed by atoms with Gasteiger partial charge in [0.2, 0.25) is 5.91 Å². The molecule has 3 rings (SSSR count). The number of aryl methyl sites for hydroxylation is 1. The Kier molecular flexibility index (Phi) is 5.13. The molecule has 0 saturated carbocycles. The average molecular weight is 389 g/mol. The summed E-state index contributed by atoms with van der Waals surface area (Å²) in [6, 6.07) is 10.1. The van der Waals surface area contributed by atoms with Crippen molar-refractivity contribution in [1.82, 2.24) is 0 Å². The van der Waals surface area contributed by atoms with E-state index < -0.39 is 25.5 Å². The number of nitrogens with one attached hydrogen (secondary N) is 1. The van der Waals surface area contributed by atoms with E-state index in [4.69, 9.17) is 0 Å². The number of benzene rings is 2. The molecule has 0 bridgehead atoms. The summed E-state index contributed by atoms with van der Waals surface area (Å²) in [4.78, 5) is 23.8. The number of nitro groups is 1. The van der Waals surface area contributed by atoms with E-state index in [-0.39, 0.29) is 5.91 Å². The minimum absolute atomic E-state index is 0.0533. The average Bonchev–Trinajstić information content (AvgIpc) is 2.64. The number of hydrogen-bond acceptors (Lipinski definition) is 5. The second-order valence-corrected chi connectivity index (χ2v) is 7.87. The molecule has 1 amide bonds. The molecule has 1 N–H and O–H groups in total. The smallest absolute Gasteiger partial charge is 0.289 e. The molecule has 1 aliphatic heterocycles. The number of nitro benzene ring substituents is 1. The molecule has 142 valence electrons. The lowest BCUT2D eigenvalue weighted by atomic mass is 10.0. The van der Waals surface area contributed by atoms with Crippen molar-refractivity contribution in [2.75, 3.05) is 16.2 Å². The van der Waals surface area contributed by atoms with Gasteiger partial charge in [0.15, 0.2) is 4.90 Å². The summed E-state index contributed by atoms with van der Waals surface area (Å²) in [5.41, 5.74) is 1.47. The first-order valence-electron chi connectivity index (χ1n) is 8.53. The van der Waals surface area contributed by atoms with Crippen molar-refractivity contribution in [1.29, 1.82) is 0 Å². The number of hydrogen-bond donors (Lipinski definition) is 1. The van der Waals surface area contributed by atoms with E-state index in [0.717, 1.165) is 23.7 Å². The summed E-state index contributed by atoms with van der Waals surface area (Å²) in [7, 11) is -4.12. The lowest BCUT2D eigenvalue weighted by Crippen LogP contribution is -2.35. The van der Waals surface area contributed by atoms with Crippen LogP contribution >= 0.6 is 0 Å². The van der Waals surface area contributed by atoms with Crippen LogP contribution in [-0.4, -0.2) is 25.8 Å². The summed E-state index contributed by atoms with van der Waals surface area (Å²) >= 11 is 0. The SMILES string of the molecule is CCCN1C(=O)CCc2cc(NS(=O)(=O)c3ccccc3[N+](=O)[O-])ccc21. The van der Waals surface area contributed by atoms with Crippen molar-refractivity contribution in [3.63, 3.8) is 0 Å². The fraction of sp³-hybridized carbons (Fsp3) is 0.278. The largest absolute Gasteiger partial charge is 0.312 e. The summed E-state index contributed by atoms with van der Waals surface area (Å²) in [6.45, 7) is 2.59. The first-order valence-corrected chi connectivity index (χ1v) is 10.0. The molecule has 2 aromatic rings. The monoisotopic (exact) mass is 389 g/mol. The molecule has 0 atom stereocenters. The van der Waals surface area contributed by atoms with Crippen molar-refractivity contribution < 1.29 is 18.1 Å². The van der Waals surface area contributed by atoms with Crippen LogP contribution in [0.25, 0.3) is 0 Å². The van der Waals surface area contributed by atoms with Gasteiger partial charge in [0.1, 0.15) is 0 Å². The van der Waals surface area contributed by atoms with Gasteiger partial charge in [-0.1, -0.05) is 19.1 Å². The first-order chi connectivity index (χ1) is 12.8. The van der Waals surface area contributed by atoms with Crippen LogP contribution in [0, 0.1) is 10.1 Å². The number of para-hydroxylation sites is 1. The molecule has 8 nitrogen and oxygen atoms in total. The maximum atomic E-state index is 12.6. The highest BCUT2D eigenvalue weighted by molar-refractivity contribution is 7.92. The van der Waals surface area contributed by atoms with Crippen molar-refractivity contribution >= 4 is 33.0 Å². The van der Waals surface area contributed by atoms with E-state index in [1.165, 1.54) is 18.2 Å². The zero-order valence-corrected chi connectivity index (χ0v) is 15.5. The Morgan fingerprint density at radius 2 is 1.93 bits per heavy atom. The number of rotatable bonds is 6. The molecule has 0 radical (unpaired) electrons. The third kappa shape index (κ3) is 3.77. The number of carbonyl (C=O) groups is 1. The molecule has 0 unspecified atom stereocenters. The third-order valence-corrected chi connectivity index (χ3v) is 5.76. The number of nitrogens with zero attached hydrogens (tertiary/aromatic N) is 2. The molecular weight excluding hydrogens is 370 g/mol. The van der Waals surface area contributed by atoms with Gasteiger partial charge in [-0.2, -0.15) is 0 Å². The van der Waals surface area contributed by atoms with Crippen LogP contribution in [0.15, 0.2) is 47.4 Å². The van der Waals surface area contributed by atoms with Gasteiger partial charge in [-0.25, -0.2) is 8.42 Å². The Labute approximate surface area is 157 Å². The zero-order chi connectivity index (χ0) is 19.6. The maximum absolute atomic E-state index is 12.6. The standard InChI is InChI=1S/C18H19N3O5S/c1-2-11-20-15-9-8-14(12-13(15)7-10-18(20)22)19-27(25,26)17-6-4-3-5-16(17)21(23)24/h3-6,8-9,12,19H,2,7,10-11H2,1H3. The van der Waals surface area contributed by atoms with Crippen LogP contribution in [0.5, 0.6) is 0 Å². The molecule has 0 saturated heterocycles. The van der Waals surface area contributed by atoms with Gasteiger partial charge < -0.3 is 4.90 Å². The fourth-order valence-corrected chi connectivity index (χ4v) is 4.36. The van der Waals surface area contributed by atoms with Gasteiger partial charge in [0.05, 0.1) is 4.92 Å².